The molecule has 15 atom stereocenters. The monoisotopic (exact) mass is 635 g/mol. The molecule has 2 saturated heterocycles. The van der Waals surface area contributed by atoms with Gasteiger partial charge >= 0.3 is 5.97 Å². The van der Waals surface area contributed by atoms with Crippen LogP contribution in [0.15, 0.2) is 0 Å². The lowest BCUT2D eigenvalue weighted by molar-refractivity contribution is -0.377. The van der Waals surface area contributed by atoms with Crippen LogP contribution in [0.25, 0.3) is 0 Å². The van der Waals surface area contributed by atoms with E-state index in [9.17, 15) is 70.9 Å². The molecule has 20 nitrogen and oxygen atoms in total. The van der Waals surface area contributed by atoms with E-state index in [2.05, 4.69) is 5.32 Å². The Hall–Kier alpha value is -1.70. The second kappa shape index (κ2) is 16.0. The van der Waals surface area contributed by atoms with Crippen molar-refractivity contribution in [2.24, 2.45) is 0 Å². The summed E-state index contributed by atoms with van der Waals surface area (Å²) in [7, 11) is 0. The summed E-state index contributed by atoms with van der Waals surface area (Å²) in [4.78, 5) is 24.2. The molecule has 252 valence electrons. The molecule has 0 spiro atoms. The molecule has 14 N–H and O–H groups in total. The van der Waals surface area contributed by atoms with Crippen molar-refractivity contribution < 1.29 is 94.9 Å². The number of rotatable bonds is 15. The summed E-state index contributed by atoms with van der Waals surface area (Å²) in [5.74, 6) is -5.82. The number of carbonyl (C=O) groups excluding carboxylic acids is 1. The molecular weight excluding hydrogens is 594 g/mol. The van der Waals surface area contributed by atoms with Gasteiger partial charge in [0, 0.05) is 13.3 Å². The number of hydrogen-bond acceptors (Lipinski definition) is 18. The van der Waals surface area contributed by atoms with Gasteiger partial charge in [0.2, 0.25) is 5.91 Å². The van der Waals surface area contributed by atoms with Crippen LogP contribution in [0.1, 0.15) is 13.3 Å². The fraction of sp³-hybridized carbons (Fsp3) is 0.913. The Morgan fingerprint density at radius 3 is 2.00 bits per heavy atom. The number of amides is 1. The summed E-state index contributed by atoms with van der Waals surface area (Å²) in [6.07, 6.45) is -27.2. The molecule has 0 saturated carbocycles. The van der Waals surface area contributed by atoms with Gasteiger partial charge in [0.15, 0.2) is 6.29 Å². The molecule has 0 aliphatic carbocycles. The molecule has 0 radical (unpaired) electrons. The van der Waals surface area contributed by atoms with E-state index >= 15 is 0 Å². The van der Waals surface area contributed by atoms with Crippen LogP contribution in [-0.4, -0.2) is 196 Å². The van der Waals surface area contributed by atoms with Crippen LogP contribution in [0.4, 0.5) is 0 Å². The Kier molecular flexibility index (Phi) is 14.0. The Morgan fingerprint density at radius 1 is 0.930 bits per heavy atom. The van der Waals surface area contributed by atoms with Crippen LogP contribution in [0.2, 0.25) is 0 Å². The van der Waals surface area contributed by atoms with Crippen LogP contribution in [0.3, 0.4) is 0 Å². The van der Waals surface area contributed by atoms with E-state index in [1.54, 1.807) is 0 Å². The molecule has 1 amide bonds. The zero-order valence-corrected chi connectivity index (χ0v) is 22.9. The molecule has 2 heterocycles. The van der Waals surface area contributed by atoms with E-state index in [0.717, 1.165) is 6.92 Å². The lowest BCUT2D eigenvalue weighted by Crippen LogP contribution is -2.70. The van der Waals surface area contributed by atoms with Crippen LogP contribution in [0, 0.1) is 0 Å². The van der Waals surface area contributed by atoms with Gasteiger partial charge in [-0.05, 0) is 0 Å². The zero-order valence-electron chi connectivity index (χ0n) is 22.9. The summed E-state index contributed by atoms with van der Waals surface area (Å²) in [5, 5.41) is 133. The topological polar surface area (TPSA) is 346 Å². The number of carboxylic acid groups (broad SMARTS) is 1. The highest BCUT2D eigenvalue weighted by Crippen LogP contribution is 2.37. The predicted molar refractivity (Wildman–Crippen MR) is 132 cm³/mol. The average Bonchev–Trinajstić information content (AvgIpc) is 2.97. The quantitative estimate of drug-likeness (QED) is 0.0794. The first kappa shape index (κ1) is 37.5. The molecule has 2 aliphatic rings. The van der Waals surface area contributed by atoms with E-state index in [1.165, 1.54) is 0 Å². The highest BCUT2D eigenvalue weighted by Gasteiger charge is 2.59. The molecule has 0 aromatic rings. The molecule has 0 aromatic heterocycles. The van der Waals surface area contributed by atoms with Gasteiger partial charge in [-0.3, -0.25) is 4.79 Å². The van der Waals surface area contributed by atoms with Crippen molar-refractivity contribution in [2.45, 2.75) is 105 Å². The summed E-state index contributed by atoms with van der Waals surface area (Å²) >= 11 is 0. The van der Waals surface area contributed by atoms with Crippen molar-refractivity contribution in [3.8, 4) is 0 Å². The highest BCUT2D eigenvalue weighted by molar-refractivity contribution is 5.76. The Morgan fingerprint density at radius 2 is 1.51 bits per heavy atom. The van der Waals surface area contributed by atoms with Crippen molar-refractivity contribution in [3.63, 3.8) is 0 Å². The zero-order chi connectivity index (χ0) is 32.8. The lowest BCUT2D eigenvalue weighted by atomic mass is 9.88. The third-order valence-electron chi connectivity index (χ3n) is 7.11. The summed E-state index contributed by atoms with van der Waals surface area (Å²) in [5.41, 5.74) is 0. The van der Waals surface area contributed by atoms with Gasteiger partial charge in [0.25, 0.3) is 5.79 Å². The van der Waals surface area contributed by atoms with Crippen LogP contribution >= 0.6 is 0 Å². The first-order chi connectivity index (χ1) is 20.1. The van der Waals surface area contributed by atoms with E-state index in [-0.39, 0.29) is 0 Å². The molecule has 0 aromatic carbocycles. The summed E-state index contributed by atoms with van der Waals surface area (Å²) in [6, 6.07) is -1.56. The highest BCUT2D eigenvalue weighted by atomic mass is 16.8. The van der Waals surface area contributed by atoms with Gasteiger partial charge in [0.05, 0.1) is 38.6 Å². The number of nitrogens with one attached hydrogen (secondary N) is 1. The summed E-state index contributed by atoms with van der Waals surface area (Å²) < 4.78 is 21.6. The van der Waals surface area contributed by atoms with Gasteiger partial charge < -0.3 is 90.6 Å². The first-order valence-corrected chi connectivity index (χ1v) is 13.1. The molecule has 0 bridgehead atoms. The Balaban J connectivity index is 2.49. The van der Waals surface area contributed by atoms with Crippen molar-refractivity contribution in [2.75, 3.05) is 26.4 Å². The lowest BCUT2D eigenvalue weighted by Gasteiger charge is -2.50. The normalized spacial score (nSPS) is 37.5. The minimum Gasteiger partial charge on any atom is -0.477 e. The smallest absolute Gasteiger partial charge is 0.364 e. The van der Waals surface area contributed by atoms with Gasteiger partial charge in [-0.1, -0.05) is 0 Å². The average molecular weight is 636 g/mol. The largest absolute Gasteiger partial charge is 0.477 e. The van der Waals surface area contributed by atoms with Gasteiger partial charge in [-0.15, -0.1) is 0 Å². The minimum atomic E-state index is -3.06. The molecule has 43 heavy (non-hydrogen) atoms. The van der Waals surface area contributed by atoms with Crippen LogP contribution in [0.5, 0.6) is 0 Å². The maximum absolute atomic E-state index is 12.5. The standard InChI is InChI=1S/C23H41NO19/c1-7(29)24-13-8(30)2-23(22(38)39,42-19(13)15(35)10(32)4-26)43-20-16(36)12(6-28)40-21(17(20)37)41-18(11(33)5-27)14(34)9(31)3-25/h8-21,25-28,30-37H,2-6H2,1H3,(H,24,29)(H,38,39)/t8-,9-,10+,11+,12+,13+,14+,15+,16-,17+,18+,19?,20?,21-,23-/m0/s1. The van der Waals surface area contributed by atoms with Gasteiger partial charge in [-0.2, -0.15) is 0 Å². The van der Waals surface area contributed by atoms with E-state index in [0.29, 0.717) is 0 Å². The number of aliphatic hydroxyl groups excluding tert-OH is 12. The maximum Gasteiger partial charge on any atom is 0.364 e. The maximum atomic E-state index is 12.5. The van der Waals surface area contributed by atoms with Crippen molar-refractivity contribution in [3.05, 3.63) is 0 Å². The first-order valence-electron chi connectivity index (χ1n) is 13.1. The van der Waals surface area contributed by atoms with Crippen LogP contribution < -0.4 is 5.32 Å². The fourth-order valence-corrected chi connectivity index (χ4v) is 4.76. The SMILES string of the molecule is CC(=O)N[C@H]1C([C@H](O)[C@H](O)CO)O[C@@](OC2[C@@H](O)[C@H](O[C@@H]([C@H](O)[C@@H](O)CO)[C@H](O)CO)O[C@H](CO)[C@@H]2O)(C(=O)O)C[C@@H]1O. The van der Waals surface area contributed by atoms with Crippen molar-refractivity contribution in [1.29, 1.82) is 0 Å². The molecule has 2 fully saturated rings. The second-order valence-corrected chi connectivity index (χ2v) is 10.3. The molecular formula is C23H41NO19. The van der Waals surface area contributed by atoms with Gasteiger partial charge in [0.1, 0.15) is 67.1 Å². The van der Waals surface area contributed by atoms with Crippen molar-refractivity contribution >= 4 is 11.9 Å². The predicted octanol–water partition coefficient (Wildman–Crippen LogP) is -8.59. The molecule has 2 aliphatic heterocycles. The number of hydrogen-bond donors (Lipinski definition) is 14. The second-order valence-electron chi connectivity index (χ2n) is 10.3. The van der Waals surface area contributed by atoms with E-state index < -0.39 is 136 Å². The number of aliphatic hydroxyl groups is 12. The van der Waals surface area contributed by atoms with E-state index in [1.807, 2.05) is 0 Å². The summed E-state index contributed by atoms with van der Waals surface area (Å²) in [6.45, 7) is -3.15. The third-order valence-corrected chi connectivity index (χ3v) is 7.11. The number of aliphatic carboxylic acids is 1. The number of carbonyl (C=O) groups is 2. The fourth-order valence-electron chi connectivity index (χ4n) is 4.76. The van der Waals surface area contributed by atoms with E-state index in [4.69, 9.17) is 24.1 Å². The molecule has 20 heteroatoms. The van der Waals surface area contributed by atoms with Gasteiger partial charge in [-0.25, -0.2) is 4.79 Å². The number of carboxylic acids is 1. The Labute approximate surface area is 243 Å². The van der Waals surface area contributed by atoms with Crippen LogP contribution in [-0.2, 0) is 28.5 Å². The molecule has 2 rings (SSSR count). The minimum absolute atomic E-state index is 0.763. The third kappa shape index (κ3) is 8.52. The number of ether oxygens (including phenoxy) is 4. The van der Waals surface area contributed by atoms with Crippen molar-refractivity contribution in [1.82, 2.24) is 5.32 Å². The Bertz CT molecular complexity index is 899. The molecule has 2 unspecified atom stereocenters.